The maximum absolute atomic E-state index is 13.4. The third-order valence-electron chi connectivity index (χ3n) is 3.85. The molecule has 9 heteroatoms. The van der Waals surface area contributed by atoms with Crippen LogP contribution in [0.3, 0.4) is 0 Å². The lowest BCUT2D eigenvalue weighted by Crippen LogP contribution is -3.07. The highest BCUT2D eigenvalue weighted by Crippen LogP contribution is 2.21. The van der Waals surface area contributed by atoms with E-state index in [9.17, 15) is 4.39 Å². The summed E-state index contributed by atoms with van der Waals surface area (Å²) in [7, 11) is 3.63. The minimum absolute atomic E-state index is 0.352. The molecular formula is C17H18ClFN5OS+. The van der Waals surface area contributed by atoms with Gasteiger partial charge in [0.15, 0.2) is 6.67 Å². The molecular weight excluding hydrogens is 377 g/mol. The van der Waals surface area contributed by atoms with Crippen LogP contribution < -0.4 is 9.64 Å². The van der Waals surface area contributed by atoms with Gasteiger partial charge in [0.1, 0.15) is 18.1 Å². The number of benzene rings is 2. The van der Waals surface area contributed by atoms with E-state index in [1.54, 1.807) is 30.0 Å². The van der Waals surface area contributed by atoms with E-state index in [-0.39, 0.29) is 5.82 Å². The Morgan fingerprint density at radius 1 is 1.23 bits per heavy atom. The Kier molecular flexibility index (Phi) is 5.65. The lowest BCUT2D eigenvalue weighted by molar-refractivity contribution is -0.917. The van der Waals surface area contributed by atoms with E-state index in [0.29, 0.717) is 28.7 Å². The first-order valence-corrected chi connectivity index (χ1v) is 8.69. The molecule has 1 unspecified atom stereocenters. The maximum atomic E-state index is 13.4. The van der Waals surface area contributed by atoms with Crippen molar-refractivity contribution in [2.24, 2.45) is 0 Å². The summed E-state index contributed by atoms with van der Waals surface area (Å²) in [5.74, 6) is 0.426. The highest BCUT2D eigenvalue weighted by Gasteiger charge is 2.13. The largest absolute Gasteiger partial charge is 0.496 e. The van der Waals surface area contributed by atoms with Gasteiger partial charge in [-0.2, -0.15) is 9.36 Å². The van der Waals surface area contributed by atoms with Gasteiger partial charge in [-0.3, -0.25) is 0 Å². The van der Waals surface area contributed by atoms with Crippen LogP contribution in [-0.4, -0.2) is 33.9 Å². The van der Waals surface area contributed by atoms with E-state index in [2.05, 4.69) is 10.4 Å². The predicted molar refractivity (Wildman–Crippen MR) is 98.7 cm³/mol. The summed E-state index contributed by atoms with van der Waals surface area (Å²) < 4.78 is 22.2. The number of nitrogens with zero attached hydrogens (tertiary/aromatic N) is 4. The maximum Gasteiger partial charge on any atom is 0.225 e. The fourth-order valence-electron chi connectivity index (χ4n) is 2.67. The van der Waals surface area contributed by atoms with Crippen molar-refractivity contribution < 1.29 is 14.0 Å². The van der Waals surface area contributed by atoms with E-state index < -0.39 is 0 Å². The average Bonchev–Trinajstić information content (AvgIpc) is 2.95. The van der Waals surface area contributed by atoms with Gasteiger partial charge in [-0.15, -0.1) is 0 Å². The number of halogens is 2. The number of rotatable bonds is 6. The second-order valence-electron chi connectivity index (χ2n) is 5.90. The smallest absolute Gasteiger partial charge is 0.225 e. The number of aromatic nitrogens is 4. The van der Waals surface area contributed by atoms with E-state index >= 15 is 0 Å². The molecule has 6 nitrogen and oxygen atoms in total. The van der Waals surface area contributed by atoms with Gasteiger partial charge < -0.3 is 9.64 Å². The lowest BCUT2D eigenvalue weighted by atomic mass is 10.2. The third kappa shape index (κ3) is 4.09. The molecule has 1 heterocycles. The summed E-state index contributed by atoms with van der Waals surface area (Å²) in [4.78, 5) is 1.10. The monoisotopic (exact) mass is 394 g/mol. The Bertz CT molecular complexity index is 974. The molecule has 136 valence electrons. The van der Waals surface area contributed by atoms with Crippen molar-refractivity contribution in [3.8, 4) is 11.4 Å². The standard InChI is InChI=1S/C17H17ClFN5OS/c1-22(10-12-8-13(18)6-7-16(12)25-2)11-23-17(26)24(21-20-23)15-5-3-4-14(19)9-15/h3-9H,10-11H2,1-2H3/p+1. The number of methoxy groups -OCH3 is 1. The van der Waals surface area contributed by atoms with Gasteiger partial charge in [-0.1, -0.05) is 17.7 Å². The first kappa shape index (κ1) is 18.5. The number of tetrazole rings is 1. The molecule has 0 saturated heterocycles. The van der Waals surface area contributed by atoms with Crippen LogP contribution in [0.5, 0.6) is 5.75 Å². The second-order valence-corrected chi connectivity index (χ2v) is 6.70. The minimum atomic E-state index is -0.352. The molecule has 3 rings (SSSR count). The van der Waals surface area contributed by atoms with Crippen molar-refractivity contribution in [1.82, 2.24) is 19.8 Å². The summed E-state index contributed by atoms with van der Waals surface area (Å²) >= 11 is 11.5. The number of hydrogen-bond acceptors (Lipinski definition) is 4. The first-order chi connectivity index (χ1) is 12.5. The quantitative estimate of drug-likeness (QED) is 0.652. The van der Waals surface area contributed by atoms with Crippen molar-refractivity contribution in [3.63, 3.8) is 0 Å². The van der Waals surface area contributed by atoms with Crippen molar-refractivity contribution in [3.05, 3.63) is 63.6 Å². The molecule has 2 aromatic carbocycles. The number of ether oxygens (including phenoxy) is 1. The molecule has 0 spiro atoms. The molecule has 0 aliphatic carbocycles. The second kappa shape index (κ2) is 7.94. The van der Waals surface area contributed by atoms with E-state index in [4.69, 9.17) is 28.6 Å². The Labute approximate surface area is 160 Å². The van der Waals surface area contributed by atoms with Crippen LogP contribution in [0.4, 0.5) is 4.39 Å². The highest BCUT2D eigenvalue weighted by molar-refractivity contribution is 7.71. The van der Waals surface area contributed by atoms with Crippen LogP contribution in [0.1, 0.15) is 5.56 Å². The Morgan fingerprint density at radius 2 is 2.04 bits per heavy atom. The summed E-state index contributed by atoms with van der Waals surface area (Å²) in [5.41, 5.74) is 1.52. The molecule has 0 fully saturated rings. The van der Waals surface area contributed by atoms with Crippen LogP contribution in [-0.2, 0) is 13.2 Å². The molecule has 1 N–H and O–H groups in total. The topological polar surface area (TPSA) is 49.3 Å². The summed E-state index contributed by atoms with van der Waals surface area (Å²) in [6.45, 7) is 1.15. The molecule has 3 aromatic rings. The lowest BCUT2D eigenvalue weighted by Gasteiger charge is -2.15. The SMILES string of the molecule is COc1ccc(Cl)cc1C[NH+](C)Cn1nnn(-c2cccc(F)c2)c1=S. The molecule has 0 aliphatic rings. The van der Waals surface area contributed by atoms with Crippen LogP contribution in [0, 0.1) is 10.6 Å². The first-order valence-electron chi connectivity index (χ1n) is 7.90. The fraction of sp³-hybridized carbons (Fsp3) is 0.235. The van der Waals surface area contributed by atoms with Crippen LogP contribution in [0.2, 0.25) is 5.02 Å². The highest BCUT2D eigenvalue weighted by atomic mass is 35.5. The Hall–Kier alpha value is -2.29. The fourth-order valence-corrected chi connectivity index (χ4v) is 3.10. The van der Waals surface area contributed by atoms with E-state index in [1.807, 2.05) is 19.2 Å². The summed E-state index contributed by atoms with van der Waals surface area (Å²) in [6.07, 6.45) is 0. The van der Waals surface area contributed by atoms with Gasteiger partial charge in [-0.05, 0) is 59.0 Å². The number of quaternary nitrogens is 1. The molecule has 1 atom stereocenters. The molecule has 26 heavy (non-hydrogen) atoms. The molecule has 1 aromatic heterocycles. The van der Waals surface area contributed by atoms with Crippen molar-refractivity contribution in [2.45, 2.75) is 13.2 Å². The van der Waals surface area contributed by atoms with Crippen LogP contribution in [0.15, 0.2) is 42.5 Å². The molecule has 0 saturated carbocycles. The van der Waals surface area contributed by atoms with Crippen LogP contribution >= 0.6 is 23.8 Å². The van der Waals surface area contributed by atoms with Gasteiger partial charge >= 0.3 is 0 Å². The third-order valence-corrected chi connectivity index (χ3v) is 4.47. The zero-order valence-electron chi connectivity index (χ0n) is 14.3. The van der Waals surface area contributed by atoms with E-state index in [0.717, 1.165) is 16.2 Å². The number of hydrogen-bond donors (Lipinski definition) is 1. The Balaban J connectivity index is 1.78. The van der Waals surface area contributed by atoms with Gasteiger partial charge in [0.25, 0.3) is 0 Å². The average molecular weight is 395 g/mol. The zero-order valence-corrected chi connectivity index (χ0v) is 15.9. The molecule has 0 aliphatic heterocycles. The van der Waals surface area contributed by atoms with Gasteiger partial charge in [0, 0.05) is 10.6 Å². The summed E-state index contributed by atoms with van der Waals surface area (Å²) in [5, 5.41) is 8.78. The summed E-state index contributed by atoms with van der Waals surface area (Å²) in [6, 6.07) is 11.6. The molecule has 0 amide bonds. The van der Waals surface area contributed by atoms with Gasteiger partial charge in [-0.25, -0.2) is 4.39 Å². The predicted octanol–water partition coefficient (Wildman–Crippen LogP) is 2.27. The minimum Gasteiger partial charge on any atom is -0.496 e. The van der Waals surface area contributed by atoms with Gasteiger partial charge in [0.2, 0.25) is 4.77 Å². The van der Waals surface area contributed by atoms with Crippen molar-refractivity contribution in [2.75, 3.05) is 14.2 Å². The van der Waals surface area contributed by atoms with Crippen molar-refractivity contribution in [1.29, 1.82) is 0 Å². The molecule has 0 radical (unpaired) electrons. The van der Waals surface area contributed by atoms with Gasteiger partial charge in [0.05, 0.1) is 19.8 Å². The Morgan fingerprint density at radius 3 is 2.77 bits per heavy atom. The molecule has 0 bridgehead atoms. The normalized spacial score (nSPS) is 12.2. The van der Waals surface area contributed by atoms with E-state index in [1.165, 1.54) is 16.8 Å². The zero-order chi connectivity index (χ0) is 18.7. The van der Waals surface area contributed by atoms with Crippen molar-refractivity contribution >= 4 is 23.8 Å². The van der Waals surface area contributed by atoms with Crippen LogP contribution in [0.25, 0.3) is 5.69 Å². The number of nitrogens with one attached hydrogen (secondary N) is 1.